The van der Waals surface area contributed by atoms with E-state index in [1.807, 2.05) is 30.5 Å². The highest BCUT2D eigenvalue weighted by atomic mass is 16.5. The molecule has 31 heavy (non-hydrogen) atoms. The number of nitrogens with zero attached hydrogens (tertiary/aromatic N) is 2. The van der Waals surface area contributed by atoms with Crippen molar-refractivity contribution in [3.8, 4) is 11.1 Å². The number of aryl methyl sites for hydroxylation is 1. The topological polar surface area (TPSA) is 43.7 Å². The molecule has 0 aliphatic carbocycles. The normalized spacial score (nSPS) is 19.4. The summed E-state index contributed by atoms with van der Waals surface area (Å²) in [5.74, 6) is 0. The summed E-state index contributed by atoms with van der Waals surface area (Å²) >= 11 is 0. The largest absolute Gasteiger partial charge is 0.381 e. The first-order valence-electron chi connectivity index (χ1n) is 10.4. The van der Waals surface area contributed by atoms with Crippen molar-refractivity contribution < 1.29 is 9.47 Å². The number of aromatic nitrogens is 1. The van der Waals surface area contributed by atoms with E-state index in [2.05, 4.69) is 60.5 Å². The van der Waals surface area contributed by atoms with Crippen molar-refractivity contribution in [2.45, 2.75) is 18.6 Å². The highest BCUT2D eigenvalue weighted by Crippen LogP contribution is 2.34. The van der Waals surface area contributed by atoms with Gasteiger partial charge < -0.3 is 18.9 Å². The van der Waals surface area contributed by atoms with Gasteiger partial charge in [0.1, 0.15) is 12.3 Å². The molecular weight excluding hydrogens is 388 g/mol. The molecule has 2 aromatic carbocycles. The number of rotatable bonds is 6. The third-order valence-electron chi connectivity index (χ3n) is 5.94. The molecule has 0 saturated heterocycles. The van der Waals surface area contributed by atoms with Crippen LogP contribution < -0.4 is 5.56 Å². The smallest absolute Gasteiger partial charge is 0.250 e. The van der Waals surface area contributed by atoms with Crippen LogP contribution in [-0.4, -0.2) is 29.9 Å². The van der Waals surface area contributed by atoms with Gasteiger partial charge in [-0.3, -0.25) is 4.79 Å². The number of hydrogen-bond acceptors (Lipinski definition) is 4. The zero-order valence-electron chi connectivity index (χ0n) is 18.2. The van der Waals surface area contributed by atoms with Gasteiger partial charge in [-0.2, -0.15) is 0 Å². The predicted molar refractivity (Wildman–Crippen MR) is 122 cm³/mol. The molecule has 2 heterocycles. The Morgan fingerprint density at radius 2 is 1.74 bits per heavy atom. The standard InChI is InChI=1S/C26H28N2O3/c1-20(21-9-11-22(12-10-21)23-13-14-25(29)27(2)17-23)28-16-15-26(18-30-3,31-19-28)24-7-5-4-6-8-24/h4-17,20H,18-19H2,1-3H3/t20-,26-/m0/s1. The van der Waals surface area contributed by atoms with Crippen LogP contribution in [0.25, 0.3) is 11.1 Å². The van der Waals surface area contributed by atoms with Crippen molar-refractivity contribution in [2.75, 3.05) is 20.4 Å². The summed E-state index contributed by atoms with van der Waals surface area (Å²) in [7, 11) is 3.47. The Morgan fingerprint density at radius 3 is 2.35 bits per heavy atom. The fourth-order valence-corrected chi connectivity index (χ4v) is 3.94. The van der Waals surface area contributed by atoms with E-state index in [4.69, 9.17) is 9.47 Å². The van der Waals surface area contributed by atoms with Crippen LogP contribution in [0.15, 0.2) is 90.0 Å². The molecule has 5 heteroatoms. The van der Waals surface area contributed by atoms with Crippen molar-refractivity contribution >= 4 is 0 Å². The monoisotopic (exact) mass is 416 g/mol. The summed E-state index contributed by atoms with van der Waals surface area (Å²) in [5, 5.41) is 0. The highest BCUT2D eigenvalue weighted by Gasteiger charge is 2.34. The fraction of sp³-hybridized carbons (Fsp3) is 0.269. The van der Waals surface area contributed by atoms with Crippen LogP contribution in [0.4, 0.5) is 0 Å². The zero-order valence-corrected chi connectivity index (χ0v) is 18.2. The predicted octanol–water partition coefficient (Wildman–Crippen LogP) is 4.46. The van der Waals surface area contributed by atoms with Crippen molar-refractivity contribution in [1.82, 2.24) is 9.47 Å². The minimum absolute atomic E-state index is 0.00840. The summed E-state index contributed by atoms with van der Waals surface area (Å²) in [4.78, 5) is 13.8. The molecular formula is C26H28N2O3. The van der Waals surface area contributed by atoms with E-state index in [9.17, 15) is 4.79 Å². The lowest BCUT2D eigenvalue weighted by atomic mass is 9.93. The van der Waals surface area contributed by atoms with E-state index >= 15 is 0 Å². The van der Waals surface area contributed by atoms with E-state index in [1.54, 1.807) is 24.8 Å². The molecule has 0 saturated carbocycles. The molecule has 2 atom stereocenters. The van der Waals surface area contributed by atoms with Crippen LogP contribution >= 0.6 is 0 Å². The van der Waals surface area contributed by atoms with Gasteiger partial charge in [-0.15, -0.1) is 0 Å². The number of ether oxygens (including phenoxy) is 2. The van der Waals surface area contributed by atoms with Gasteiger partial charge in [-0.25, -0.2) is 0 Å². The van der Waals surface area contributed by atoms with E-state index < -0.39 is 5.60 Å². The van der Waals surface area contributed by atoms with Gasteiger partial charge >= 0.3 is 0 Å². The summed E-state index contributed by atoms with van der Waals surface area (Å²) < 4.78 is 13.4. The van der Waals surface area contributed by atoms with Crippen LogP contribution in [0.1, 0.15) is 24.1 Å². The van der Waals surface area contributed by atoms with Gasteiger partial charge in [-0.1, -0.05) is 54.6 Å². The molecule has 1 aliphatic heterocycles. The molecule has 0 unspecified atom stereocenters. The van der Waals surface area contributed by atoms with Gasteiger partial charge in [0, 0.05) is 32.6 Å². The molecule has 160 valence electrons. The van der Waals surface area contributed by atoms with Crippen LogP contribution in [0.5, 0.6) is 0 Å². The maximum absolute atomic E-state index is 11.6. The summed E-state index contributed by atoms with van der Waals surface area (Å²) in [6.45, 7) is 3.10. The second kappa shape index (κ2) is 8.92. The van der Waals surface area contributed by atoms with E-state index in [0.717, 1.165) is 16.7 Å². The average molecular weight is 417 g/mol. The number of hydrogen-bond donors (Lipinski definition) is 0. The lowest BCUT2D eigenvalue weighted by Crippen LogP contribution is -2.41. The van der Waals surface area contributed by atoms with Gasteiger partial charge in [0.05, 0.1) is 12.6 Å². The SMILES string of the molecule is COC[C@]1(c2ccccc2)C=CN([C@@H](C)c2ccc(-c3ccc(=O)n(C)c3)cc2)CO1. The first-order chi connectivity index (χ1) is 15.0. The van der Waals surface area contributed by atoms with Crippen LogP contribution in [-0.2, 0) is 22.1 Å². The molecule has 4 rings (SSSR count). The maximum atomic E-state index is 11.6. The fourth-order valence-electron chi connectivity index (χ4n) is 3.94. The first-order valence-corrected chi connectivity index (χ1v) is 10.4. The second-order valence-corrected chi connectivity index (χ2v) is 7.96. The Labute approximate surface area is 183 Å². The Bertz CT molecular complexity index is 1110. The van der Waals surface area contributed by atoms with Crippen LogP contribution in [0.3, 0.4) is 0 Å². The van der Waals surface area contributed by atoms with Gasteiger partial charge in [0.25, 0.3) is 0 Å². The molecule has 0 bridgehead atoms. The van der Waals surface area contributed by atoms with Crippen molar-refractivity contribution in [2.24, 2.45) is 7.05 Å². The molecule has 1 aromatic heterocycles. The molecule has 0 amide bonds. The Balaban J connectivity index is 1.52. The number of pyridine rings is 1. The van der Waals surface area contributed by atoms with Gasteiger partial charge in [-0.05, 0) is 41.3 Å². The van der Waals surface area contributed by atoms with E-state index in [-0.39, 0.29) is 11.6 Å². The Kier molecular flexibility index (Phi) is 6.07. The minimum atomic E-state index is -0.570. The summed E-state index contributed by atoms with van der Waals surface area (Å²) in [6.07, 6.45) is 6.06. The lowest BCUT2D eigenvalue weighted by molar-refractivity contribution is -0.112. The quantitative estimate of drug-likeness (QED) is 0.595. The molecule has 0 N–H and O–H groups in total. The molecule has 0 fully saturated rings. The third-order valence-corrected chi connectivity index (χ3v) is 5.94. The lowest BCUT2D eigenvalue weighted by Gasteiger charge is -2.40. The minimum Gasteiger partial charge on any atom is -0.381 e. The Morgan fingerprint density at radius 1 is 1.03 bits per heavy atom. The first kappa shape index (κ1) is 21.1. The van der Waals surface area contributed by atoms with Crippen molar-refractivity contribution in [1.29, 1.82) is 0 Å². The molecule has 0 spiro atoms. The van der Waals surface area contributed by atoms with Crippen molar-refractivity contribution in [3.05, 3.63) is 107 Å². The van der Waals surface area contributed by atoms with Crippen LogP contribution in [0, 0.1) is 0 Å². The van der Waals surface area contributed by atoms with E-state index in [1.165, 1.54) is 5.56 Å². The van der Waals surface area contributed by atoms with Gasteiger partial charge in [0.15, 0.2) is 0 Å². The number of benzene rings is 2. The molecule has 1 aliphatic rings. The zero-order chi connectivity index (χ0) is 21.8. The van der Waals surface area contributed by atoms with Gasteiger partial charge in [0.2, 0.25) is 5.56 Å². The third kappa shape index (κ3) is 4.33. The highest BCUT2D eigenvalue weighted by molar-refractivity contribution is 5.62. The summed E-state index contributed by atoms with van der Waals surface area (Å²) in [5.41, 5.74) is 3.81. The number of methoxy groups -OCH3 is 1. The maximum Gasteiger partial charge on any atom is 0.250 e. The van der Waals surface area contributed by atoms with Crippen molar-refractivity contribution in [3.63, 3.8) is 0 Å². The Hall–Kier alpha value is -3.15. The second-order valence-electron chi connectivity index (χ2n) is 7.96. The average Bonchev–Trinajstić information content (AvgIpc) is 2.82. The summed E-state index contributed by atoms with van der Waals surface area (Å²) in [6, 6.07) is 22.3. The van der Waals surface area contributed by atoms with E-state index in [0.29, 0.717) is 13.3 Å². The van der Waals surface area contributed by atoms with Crippen LogP contribution in [0.2, 0.25) is 0 Å². The molecule has 5 nitrogen and oxygen atoms in total. The molecule has 0 radical (unpaired) electrons. The molecule has 3 aromatic rings.